The van der Waals surface area contributed by atoms with Gasteiger partial charge in [-0.2, -0.15) is 17.7 Å². The number of hydrogen-bond donors (Lipinski definition) is 0. The summed E-state index contributed by atoms with van der Waals surface area (Å²) in [6.07, 6.45) is 3.08. The summed E-state index contributed by atoms with van der Waals surface area (Å²) in [4.78, 5) is 12.0. The van der Waals surface area contributed by atoms with E-state index in [9.17, 15) is 12.3 Å². The first-order valence-electron chi connectivity index (χ1n) is 5.35. The predicted octanol–water partition coefficient (Wildman–Crippen LogP) is 0.140. The molecule has 0 aliphatic carbocycles. The highest BCUT2D eigenvalue weighted by molar-refractivity contribution is 7.84. The Labute approximate surface area is 107 Å². The van der Waals surface area contributed by atoms with Gasteiger partial charge in [-0.3, -0.25) is 0 Å². The van der Waals surface area contributed by atoms with Crippen LogP contribution in [-0.2, 0) is 10.4 Å². The number of hydrogen-bond acceptors (Lipinski definition) is 7. The molecule has 0 amide bonds. The van der Waals surface area contributed by atoms with E-state index in [-0.39, 0.29) is 30.7 Å². The maximum atomic E-state index is 12.6. The van der Waals surface area contributed by atoms with Crippen molar-refractivity contribution >= 4 is 10.4 Å². The van der Waals surface area contributed by atoms with Gasteiger partial charge in [-0.05, 0) is 6.07 Å². The van der Waals surface area contributed by atoms with Crippen molar-refractivity contribution in [3.8, 4) is 11.6 Å². The third-order valence-electron chi connectivity index (χ3n) is 2.71. The summed E-state index contributed by atoms with van der Waals surface area (Å²) in [6, 6.07) is 1.65. The van der Waals surface area contributed by atoms with Gasteiger partial charge in [0.2, 0.25) is 17.5 Å². The molecule has 0 bridgehead atoms. The van der Waals surface area contributed by atoms with Gasteiger partial charge in [0.1, 0.15) is 0 Å². The summed E-state index contributed by atoms with van der Waals surface area (Å²) in [5.74, 6) is 0.488. The van der Waals surface area contributed by atoms with Crippen LogP contribution in [0.5, 0.6) is 0 Å². The highest BCUT2D eigenvalue weighted by Crippen LogP contribution is 2.29. The van der Waals surface area contributed by atoms with Crippen LogP contribution in [0.25, 0.3) is 11.6 Å². The normalized spacial score (nSPS) is 17.3. The zero-order valence-corrected chi connectivity index (χ0v) is 10.3. The molecular formula is C9H8FN5O3S. The van der Waals surface area contributed by atoms with E-state index in [1.807, 2.05) is 0 Å². The van der Waals surface area contributed by atoms with Crippen LogP contribution < -0.4 is 0 Å². The van der Waals surface area contributed by atoms with Gasteiger partial charge in [0, 0.05) is 25.5 Å². The molecule has 2 aromatic heterocycles. The van der Waals surface area contributed by atoms with Crippen LogP contribution in [-0.4, -0.2) is 45.9 Å². The smallest absolute Gasteiger partial charge is 0.338 e. The average molecular weight is 285 g/mol. The van der Waals surface area contributed by atoms with Crippen LogP contribution in [0, 0.1) is 0 Å². The molecule has 3 heterocycles. The molecule has 0 atom stereocenters. The van der Waals surface area contributed by atoms with Crippen LogP contribution in [0.4, 0.5) is 3.89 Å². The van der Waals surface area contributed by atoms with Crippen molar-refractivity contribution in [2.45, 2.75) is 5.92 Å². The van der Waals surface area contributed by atoms with Crippen LogP contribution in [0.2, 0.25) is 0 Å². The standard InChI is InChI=1S/C9H8FN5O3S/c10-19(16,17)15-4-6(5-15)9-13-8(14-18-9)7-11-2-1-3-12-7/h1-3,6H,4-5H2. The van der Waals surface area contributed by atoms with Gasteiger partial charge in [-0.25, -0.2) is 9.97 Å². The third-order valence-corrected chi connectivity index (χ3v) is 3.63. The fraction of sp³-hybridized carbons (Fsp3) is 0.333. The molecule has 0 radical (unpaired) electrons. The zero-order chi connectivity index (χ0) is 13.5. The van der Waals surface area contributed by atoms with E-state index in [1.54, 1.807) is 18.5 Å². The van der Waals surface area contributed by atoms with E-state index < -0.39 is 10.4 Å². The molecule has 2 aromatic rings. The minimum atomic E-state index is -4.63. The van der Waals surface area contributed by atoms with Gasteiger partial charge in [-0.15, -0.1) is 0 Å². The molecule has 0 spiro atoms. The summed E-state index contributed by atoms with van der Waals surface area (Å²) < 4.78 is 39.5. The van der Waals surface area contributed by atoms with Crippen molar-refractivity contribution < 1.29 is 16.8 Å². The maximum absolute atomic E-state index is 12.6. The van der Waals surface area contributed by atoms with E-state index in [0.29, 0.717) is 10.1 Å². The topological polar surface area (TPSA) is 102 Å². The van der Waals surface area contributed by atoms with Crippen molar-refractivity contribution in [2.24, 2.45) is 0 Å². The van der Waals surface area contributed by atoms with Gasteiger partial charge >= 0.3 is 10.4 Å². The first kappa shape index (κ1) is 12.1. The van der Waals surface area contributed by atoms with E-state index >= 15 is 0 Å². The quantitative estimate of drug-likeness (QED) is 0.739. The van der Waals surface area contributed by atoms with E-state index in [1.165, 1.54) is 0 Å². The molecule has 1 aliphatic rings. The van der Waals surface area contributed by atoms with Crippen molar-refractivity contribution in [1.29, 1.82) is 0 Å². The molecule has 1 aliphatic heterocycles. The fourth-order valence-electron chi connectivity index (χ4n) is 1.68. The molecule has 0 N–H and O–H groups in total. The average Bonchev–Trinajstić information content (AvgIpc) is 2.75. The van der Waals surface area contributed by atoms with Gasteiger partial charge in [0.05, 0.1) is 5.92 Å². The lowest BCUT2D eigenvalue weighted by Gasteiger charge is -2.32. The Morgan fingerprint density at radius 1 is 1.26 bits per heavy atom. The minimum Gasteiger partial charge on any atom is -0.338 e. The number of halogens is 1. The van der Waals surface area contributed by atoms with Crippen molar-refractivity contribution in [1.82, 2.24) is 24.4 Å². The number of nitrogens with zero attached hydrogens (tertiary/aromatic N) is 5. The van der Waals surface area contributed by atoms with Gasteiger partial charge in [0.25, 0.3) is 0 Å². The highest BCUT2D eigenvalue weighted by atomic mass is 32.3. The molecule has 0 unspecified atom stereocenters. The monoisotopic (exact) mass is 285 g/mol. The SMILES string of the molecule is O=S(=O)(F)N1CC(c2nc(-c3ncccn3)no2)C1. The number of rotatable bonds is 3. The second kappa shape index (κ2) is 4.31. The summed E-state index contributed by atoms with van der Waals surface area (Å²) >= 11 is 0. The van der Waals surface area contributed by atoms with E-state index in [0.717, 1.165) is 0 Å². The summed E-state index contributed by atoms with van der Waals surface area (Å²) in [7, 11) is -4.63. The van der Waals surface area contributed by atoms with Gasteiger partial charge in [0.15, 0.2) is 0 Å². The second-order valence-corrected chi connectivity index (χ2v) is 5.33. The largest absolute Gasteiger partial charge is 0.374 e. The Hall–Kier alpha value is -1.94. The van der Waals surface area contributed by atoms with Gasteiger partial charge < -0.3 is 4.52 Å². The molecule has 19 heavy (non-hydrogen) atoms. The summed E-state index contributed by atoms with van der Waals surface area (Å²) in [5.41, 5.74) is 0. The first-order chi connectivity index (χ1) is 9.04. The summed E-state index contributed by atoms with van der Waals surface area (Å²) in [5, 5.41) is 3.70. The third kappa shape index (κ3) is 2.31. The fourth-order valence-corrected chi connectivity index (χ4v) is 2.39. The molecule has 3 rings (SSSR count). The van der Waals surface area contributed by atoms with Crippen molar-refractivity contribution in [2.75, 3.05) is 13.1 Å². The Kier molecular flexibility index (Phi) is 2.75. The Balaban J connectivity index is 1.74. The van der Waals surface area contributed by atoms with Crippen molar-refractivity contribution in [3.63, 3.8) is 0 Å². The lowest BCUT2D eigenvalue weighted by Crippen LogP contribution is -2.46. The molecule has 0 aromatic carbocycles. The minimum absolute atomic E-state index is 0.00386. The van der Waals surface area contributed by atoms with Crippen molar-refractivity contribution in [3.05, 3.63) is 24.4 Å². The van der Waals surface area contributed by atoms with Crippen LogP contribution >= 0.6 is 0 Å². The summed E-state index contributed by atoms with van der Waals surface area (Å²) in [6.45, 7) is -0.00771. The second-order valence-electron chi connectivity index (χ2n) is 3.98. The molecule has 0 saturated carbocycles. The highest BCUT2D eigenvalue weighted by Gasteiger charge is 2.39. The number of aromatic nitrogens is 4. The molecule has 10 heteroatoms. The van der Waals surface area contributed by atoms with Crippen LogP contribution in [0.1, 0.15) is 11.8 Å². The van der Waals surface area contributed by atoms with Crippen LogP contribution in [0.15, 0.2) is 23.0 Å². The predicted molar refractivity (Wildman–Crippen MR) is 59.7 cm³/mol. The van der Waals surface area contributed by atoms with Gasteiger partial charge in [-0.1, -0.05) is 9.04 Å². The maximum Gasteiger partial charge on any atom is 0.374 e. The first-order valence-corrected chi connectivity index (χ1v) is 6.69. The molecule has 100 valence electrons. The lowest BCUT2D eigenvalue weighted by atomic mass is 10.0. The molecule has 1 saturated heterocycles. The Morgan fingerprint density at radius 3 is 2.58 bits per heavy atom. The lowest BCUT2D eigenvalue weighted by molar-refractivity contribution is 0.209. The Morgan fingerprint density at radius 2 is 1.95 bits per heavy atom. The van der Waals surface area contributed by atoms with E-state index in [4.69, 9.17) is 4.52 Å². The Bertz CT molecular complexity index is 683. The van der Waals surface area contributed by atoms with E-state index in [2.05, 4.69) is 20.1 Å². The molecule has 8 nitrogen and oxygen atoms in total. The molecular weight excluding hydrogens is 277 g/mol. The van der Waals surface area contributed by atoms with Crippen LogP contribution in [0.3, 0.4) is 0 Å². The molecule has 1 fully saturated rings. The zero-order valence-electron chi connectivity index (χ0n) is 9.47.